The van der Waals surface area contributed by atoms with Gasteiger partial charge in [-0.1, -0.05) is 29.8 Å². The first-order chi connectivity index (χ1) is 13.5. The van der Waals surface area contributed by atoms with Crippen molar-refractivity contribution in [3.8, 4) is 11.3 Å². The SMILES string of the molecule is Cc1ccc(-c2ccnc3c(N=Nc4ccc(C(=O)O)cc4)c(N)nn23)cc1. The van der Waals surface area contributed by atoms with Crippen molar-refractivity contribution >= 4 is 28.8 Å². The Morgan fingerprint density at radius 1 is 1.04 bits per heavy atom. The van der Waals surface area contributed by atoms with E-state index < -0.39 is 5.97 Å². The summed E-state index contributed by atoms with van der Waals surface area (Å²) in [5.74, 6) is -0.791. The number of fused-ring (bicyclic) bond motifs is 1. The lowest BCUT2D eigenvalue weighted by Gasteiger charge is -2.04. The summed E-state index contributed by atoms with van der Waals surface area (Å²) in [6.45, 7) is 2.03. The van der Waals surface area contributed by atoms with Crippen molar-refractivity contribution in [3.05, 3.63) is 71.9 Å². The number of rotatable bonds is 4. The summed E-state index contributed by atoms with van der Waals surface area (Å²) in [5.41, 5.74) is 10.6. The van der Waals surface area contributed by atoms with Gasteiger partial charge in [0.25, 0.3) is 0 Å². The largest absolute Gasteiger partial charge is 0.478 e. The predicted molar refractivity (Wildman–Crippen MR) is 105 cm³/mol. The van der Waals surface area contributed by atoms with Gasteiger partial charge in [-0.2, -0.15) is 5.11 Å². The maximum absolute atomic E-state index is 10.9. The topological polar surface area (TPSA) is 118 Å². The van der Waals surface area contributed by atoms with Crippen LogP contribution < -0.4 is 5.73 Å². The Hall–Kier alpha value is -4.07. The Morgan fingerprint density at radius 3 is 2.43 bits per heavy atom. The quantitative estimate of drug-likeness (QED) is 0.515. The summed E-state index contributed by atoms with van der Waals surface area (Å²) in [6, 6.07) is 16.0. The van der Waals surface area contributed by atoms with Gasteiger partial charge in [-0.25, -0.2) is 14.3 Å². The average Bonchev–Trinajstić information content (AvgIpc) is 3.02. The van der Waals surface area contributed by atoms with E-state index >= 15 is 0 Å². The van der Waals surface area contributed by atoms with E-state index in [1.807, 2.05) is 37.3 Å². The number of carbonyl (C=O) groups is 1. The fourth-order valence-corrected chi connectivity index (χ4v) is 2.77. The van der Waals surface area contributed by atoms with Crippen molar-refractivity contribution in [2.45, 2.75) is 6.92 Å². The van der Waals surface area contributed by atoms with E-state index in [1.54, 1.807) is 22.8 Å². The number of hydrogen-bond donors (Lipinski definition) is 2. The number of carboxylic acids is 1. The number of hydrogen-bond acceptors (Lipinski definition) is 6. The molecule has 0 bridgehead atoms. The van der Waals surface area contributed by atoms with Crippen LogP contribution in [0, 0.1) is 6.92 Å². The second-order valence-corrected chi connectivity index (χ2v) is 6.22. The second-order valence-electron chi connectivity index (χ2n) is 6.22. The zero-order chi connectivity index (χ0) is 19.7. The number of benzene rings is 2. The van der Waals surface area contributed by atoms with Gasteiger partial charge in [0.1, 0.15) is 0 Å². The molecule has 0 aliphatic carbocycles. The maximum Gasteiger partial charge on any atom is 0.335 e. The molecular formula is C20H16N6O2. The van der Waals surface area contributed by atoms with Gasteiger partial charge < -0.3 is 10.8 Å². The van der Waals surface area contributed by atoms with Crippen LogP contribution in [0.3, 0.4) is 0 Å². The highest BCUT2D eigenvalue weighted by molar-refractivity contribution is 5.87. The number of nitrogens with zero attached hydrogens (tertiary/aromatic N) is 5. The number of aromatic nitrogens is 3. The summed E-state index contributed by atoms with van der Waals surface area (Å²) in [5, 5.41) is 21.6. The minimum atomic E-state index is -0.997. The zero-order valence-corrected chi connectivity index (χ0v) is 14.9. The van der Waals surface area contributed by atoms with E-state index in [-0.39, 0.29) is 11.4 Å². The zero-order valence-electron chi connectivity index (χ0n) is 14.9. The molecule has 8 nitrogen and oxygen atoms in total. The smallest absolute Gasteiger partial charge is 0.335 e. The highest BCUT2D eigenvalue weighted by Crippen LogP contribution is 2.31. The summed E-state index contributed by atoms with van der Waals surface area (Å²) in [6.07, 6.45) is 1.67. The molecule has 0 spiro atoms. The molecule has 4 rings (SSSR count). The van der Waals surface area contributed by atoms with E-state index in [9.17, 15) is 4.79 Å². The summed E-state index contributed by atoms with van der Waals surface area (Å²) < 4.78 is 1.64. The Kier molecular flexibility index (Phi) is 4.29. The van der Waals surface area contributed by atoms with Crippen LogP contribution in [0.1, 0.15) is 15.9 Å². The molecule has 8 heteroatoms. The third kappa shape index (κ3) is 3.18. The van der Waals surface area contributed by atoms with Crippen molar-refractivity contribution in [2.75, 3.05) is 5.73 Å². The molecule has 0 aliphatic heterocycles. The minimum absolute atomic E-state index is 0.179. The fourth-order valence-electron chi connectivity index (χ4n) is 2.77. The third-order valence-corrected chi connectivity index (χ3v) is 4.25. The van der Waals surface area contributed by atoms with Crippen molar-refractivity contribution < 1.29 is 9.90 Å². The number of anilines is 1. The van der Waals surface area contributed by atoms with Crippen LogP contribution >= 0.6 is 0 Å². The first kappa shape index (κ1) is 17.3. The molecule has 4 aromatic rings. The van der Waals surface area contributed by atoms with Gasteiger partial charge in [-0.15, -0.1) is 10.2 Å². The Morgan fingerprint density at radius 2 is 1.75 bits per heavy atom. The maximum atomic E-state index is 10.9. The van der Waals surface area contributed by atoms with E-state index in [4.69, 9.17) is 10.8 Å². The number of nitrogen functional groups attached to an aromatic ring is 1. The number of carboxylic acid groups (broad SMARTS) is 1. The molecule has 138 valence electrons. The van der Waals surface area contributed by atoms with Crippen LogP contribution in [0.5, 0.6) is 0 Å². The molecule has 0 saturated heterocycles. The minimum Gasteiger partial charge on any atom is -0.478 e. The molecular weight excluding hydrogens is 356 g/mol. The van der Waals surface area contributed by atoms with Crippen molar-refractivity contribution in [1.82, 2.24) is 14.6 Å². The number of nitrogens with two attached hydrogens (primary N) is 1. The van der Waals surface area contributed by atoms with Crippen molar-refractivity contribution in [2.24, 2.45) is 10.2 Å². The lowest BCUT2D eigenvalue weighted by molar-refractivity contribution is 0.0697. The fraction of sp³-hybridized carbons (Fsp3) is 0.0500. The molecule has 2 aromatic heterocycles. The lowest BCUT2D eigenvalue weighted by Crippen LogP contribution is -1.96. The van der Waals surface area contributed by atoms with Crippen LogP contribution in [0.25, 0.3) is 16.9 Å². The molecule has 0 radical (unpaired) electrons. The standard InChI is InChI=1S/C20H16N6O2/c1-12-2-4-13(5-3-12)16-10-11-22-19-17(18(21)25-26(16)19)24-23-15-8-6-14(7-9-15)20(27)28/h2-11H,1H3,(H2,21,25)(H,27,28). The number of azo groups is 1. The molecule has 2 aromatic carbocycles. The molecule has 0 fully saturated rings. The van der Waals surface area contributed by atoms with Gasteiger partial charge in [0.2, 0.25) is 0 Å². The first-order valence-electron chi connectivity index (χ1n) is 8.48. The van der Waals surface area contributed by atoms with Crippen molar-refractivity contribution in [1.29, 1.82) is 0 Å². The Labute approximate surface area is 160 Å². The molecule has 0 atom stereocenters. The van der Waals surface area contributed by atoms with E-state index in [2.05, 4.69) is 20.3 Å². The van der Waals surface area contributed by atoms with E-state index in [0.29, 0.717) is 17.0 Å². The van der Waals surface area contributed by atoms with Crippen LogP contribution in [0.2, 0.25) is 0 Å². The van der Waals surface area contributed by atoms with E-state index in [0.717, 1.165) is 16.8 Å². The van der Waals surface area contributed by atoms with Gasteiger partial charge in [-0.05, 0) is 37.3 Å². The van der Waals surface area contributed by atoms with E-state index in [1.165, 1.54) is 12.1 Å². The molecule has 3 N–H and O–H groups in total. The van der Waals surface area contributed by atoms with Gasteiger partial charge in [0.15, 0.2) is 17.2 Å². The summed E-state index contributed by atoms with van der Waals surface area (Å²) >= 11 is 0. The highest BCUT2D eigenvalue weighted by atomic mass is 16.4. The third-order valence-electron chi connectivity index (χ3n) is 4.25. The molecule has 0 unspecified atom stereocenters. The van der Waals surface area contributed by atoms with Gasteiger partial charge in [-0.3, -0.25) is 0 Å². The summed E-state index contributed by atoms with van der Waals surface area (Å²) in [7, 11) is 0. The Balaban J connectivity index is 1.74. The van der Waals surface area contributed by atoms with Gasteiger partial charge >= 0.3 is 5.97 Å². The van der Waals surface area contributed by atoms with Crippen LogP contribution in [-0.4, -0.2) is 25.7 Å². The second kappa shape index (κ2) is 6.92. The van der Waals surface area contributed by atoms with Crippen molar-refractivity contribution in [3.63, 3.8) is 0 Å². The number of aryl methyl sites for hydroxylation is 1. The lowest BCUT2D eigenvalue weighted by atomic mass is 10.1. The monoisotopic (exact) mass is 372 g/mol. The van der Waals surface area contributed by atoms with Gasteiger partial charge in [0, 0.05) is 11.8 Å². The first-order valence-corrected chi connectivity index (χ1v) is 8.48. The average molecular weight is 372 g/mol. The molecule has 0 saturated carbocycles. The molecule has 2 heterocycles. The number of aromatic carboxylic acids is 1. The molecule has 0 amide bonds. The van der Waals surface area contributed by atoms with Crippen LogP contribution in [0.4, 0.5) is 17.2 Å². The molecule has 0 aliphatic rings. The molecule has 28 heavy (non-hydrogen) atoms. The normalized spacial score (nSPS) is 11.3. The highest BCUT2D eigenvalue weighted by Gasteiger charge is 2.14. The summed E-state index contributed by atoms with van der Waals surface area (Å²) in [4.78, 5) is 15.3. The predicted octanol–water partition coefficient (Wildman–Crippen LogP) is 4.40. The van der Waals surface area contributed by atoms with Crippen LogP contribution in [0.15, 0.2) is 71.0 Å². The van der Waals surface area contributed by atoms with Crippen LogP contribution in [-0.2, 0) is 0 Å². The Bertz CT molecular complexity index is 1190. The van der Waals surface area contributed by atoms with Gasteiger partial charge in [0.05, 0.1) is 16.9 Å².